The van der Waals surface area contributed by atoms with Crippen LogP contribution in [-0.4, -0.2) is 29.4 Å². The topological polar surface area (TPSA) is 32.6 Å². The molecule has 0 amide bonds. The van der Waals surface area contributed by atoms with Crippen molar-refractivity contribution in [1.29, 1.82) is 0 Å². The van der Waals surface area contributed by atoms with Crippen molar-refractivity contribution < 1.29 is 5.11 Å². The lowest BCUT2D eigenvalue weighted by Crippen LogP contribution is -1.88. The van der Waals surface area contributed by atoms with E-state index in [1.807, 2.05) is 23.9 Å². The van der Waals surface area contributed by atoms with Crippen LogP contribution < -0.4 is 0 Å². The van der Waals surface area contributed by atoms with E-state index in [1.165, 1.54) is 0 Å². The van der Waals surface area contributed by atoms with Crippen molar-refractivity contribution in [3.05, 3.63) is 29.8 Å². The maximum Gasteiger partial charge on any atom is 0.124 e. The highest BCUT2D eigenvalue weighted by Gasteiger charge is 1.93. The second-order valence-corrected chi connectivity index (χ2v) is 4.18. The number of nitrogens with zero attached hydrogens (tertiary/aromatic N) is 1. The first-order valence-corrected chi connectivity index (χ1v) is 5.85. The van der Waals surface area contributed by atoms with Crippen molar-refractivity contribution in [2.24, 2.45) is 4.99 Å². The largest absolute Gasteiger partial charge is 0.507 e. The third-order valence-corrected chi connectivity index (χ3v) is 2.62. The molecular formula is C11H15NOS. The molecule has 1 rings (SSSR count). The van der Waals surface area contributed by atoms with Crippen LogP contribution in [0.25, 0.3) is 0 Å². The molecule has 0 aliphatic carbocycles. The summed E-state index contributed by atoms with van der Waals surface area (Å²) in [6, 6.07) is 7.22. The number of phenols is 1. The Morgan fingerprint density at radius 2 is 2.21 bits per heavy atom. The first-order valence-electron chi connectivity index (χ1n) is 4.70. The summed E-state index contributed by atoms with van der Waals surface area (Å²) in [5, 5.41) is 9.42. The van der Waals surface area contributed by atoms with Gasteiger partial charge in [-0.05, 0) is 17.9 Å². The summed E-state index contributed by atoms with van der Waals surface area (Å²) in [6.07, 6.45) is 1.73. The number of aromatic hydroxyl groups is 1. The van der Waals surface area contributed by atoms with Gasteiger partial charge < -0.3 is 5.11 Å². The van der Waals surface area contributed by atoms with Crippen LogP contribution in [0.2, 0.25) is 0 Å². The molecule has 2 nitrogen and oxygen atoms in total. The van der Waals surface area contributed by atoms with Gasteiger partial charge in [-0.25, -0.2) is 0 Å². The van der Waals surface area contributed by atoms with Gasteiger partial charge in [-0.15, -0.1) is 0 Å². The number of thioether (sulfide) groups is 1. The van der Waals surface area contributed by atoms with Gasteiger partial charge in [0.15, 0.2) is 0 Å². The first-order chi connectivity index (χ1) is 6.84. The van der Waals surface area contributed by atoms with Crippen molar-refractivity contribution in [3.8, 4) is 5.75 Å². The average Bonchev–Trinajstić information content (AvgIpc) is 2.20. The third kappa shape index (κ3) is 3.83. The quantitative estimate of drug-likeness (QED) is 0.597. The molecule has 14 heavy (non-hydrogen) atoms. The number of phenolic OH excluding ortho intramolecular Hbond substituents is 1. The van der Waals surface area contributed by atoms with E-state index in [1.54, 1.807) is 18.3 Å². The molecule has 0 aliphatic heterocycles. The number of hydrogen-bond acceptors (Lipinski definition) is 3. The lowest BCUT2D eigenvalue weighted by atomic mass is 10.2. The van der Waals surface area contributed by atoms with E-state index in [9.17, 15) is 5.11 Å². The maximum atomic E-state index is 9.42. The Balaban J connectivity index is 2.40. The van der Waals surface area contributed by atoms with Gasteiger partial charge in [0.05, 0.1) is 0 Å². The molecule has 76 valence electrons. The lowest BCUT2D eigenvalue weighted by molar-refractivity contribution is 0.474. The Bertz CT molecular complexity index is 299. The van der Waals surface area contributed by atoms with Gasteiger partial charge in [0.1, 0.15) is 5.75 Å². The van der Waals surface area contributed by atoms with E-state index in [2.05, 4.69) is 11.9 Å². The van der Waals surface area contributed by atoms with Crippen molar-refractivity contribution in [2.45, 2.75) is 6.92 Å². The van der Waals surface area contributed by atoms with Crippen LogP contribution in [0.5, 0.6) is 5.75 Å². The van der Waals surface area contributed by atoms with Crippen LogP contribution in [0, 0.1) is 0 Å². The van der Waals surface area contributed by atoms with E-state index < -0.39 is 0 Å². The summed E-state index contributed by atoms with van der Waals surface area (Å²) >= 11 is 1.87. The van der Waals surface area contributed by atoms with Gasteiger partial charge >= 0.3 is 0 Å². The van der Waals surface area contributed by atoms with Gasteiger partial charge in [-0.3, -0.25) is 4.99 Å². The summed E-state index contributed by atoms with van der Waals surface area (Å²) in [6.45, 7) is 2.95. The number of hydrogen-bond donors (Lipinski definition) is 1. The van der Waals surface area contributed by atoms with Gasteiger partial charge in [0, 0.05) is 24.1 Å². The molecule has 1 N–H and O–H groups in total. The molecule has 0 aromatic heterocycles. The Kier molecular flexibility index (Phi) is 5.15. The van der Waals surface area contributed by atoms with Crippen molar-refractivity contribution in [1.82, 2.24) is 0 Å². The second kappa shape index (κ2) is 6.49. The van der Waals surface area contributed by atoms with Gasteiger partial charge in [0.25, 0.3) is 0 Å². The zero-order valence-corrected chi connectivity index (χ0v) is 9.13. The van der Waals surface area contributed by atoms with Gasteiger partial charge in [-0.2, -0.15) is 11.8 Å². The highest BCUT2D eigenvalue weighted by Crippen LogP contribution is 2.12. The minimum absolute atomic E-state index is 0.291. The second-order valence-electron chi connectivity index (χ2n) is 2.79. The highest BCUT2D eigenvalue weighted by molar-refractivity contribution is 7.99. The highest BCUT2D eigenvalue weighted by atomic mass is 32.2. The van der Waals surface area contributed by atoms with Crippen LogP contribution in [-0.2, 0) is 0 Å². The monoisotopic (exact) mass is 209 g/mol. The first kappa shape index (κ1) is 11.1. The molecule has 1 aromatic rings. The number of aliphatic imine (C=N–C) groups is 1. The van der Waals surface area contributed by atoms with Crippen LogP contribution in [0.1, 0.15) is 12.5 Å². The summed E-state index contributed by atoms with van der Waals surface area (Å²) in [4.78, 5) is 4.23. The zero-order chi connectivity index (χ0) is 10.2. The van der Waals surface area contributed by atoms with Crippen LogP contribution in [0.15, 0.2) is 29.3 Å². The molecular weight excluding hydrogens is 194 g/mol. The number of benzene rings is 1. The smallest absolute Gasteiger partial charge is 0.124 e. The molecule has 0 spiro atoms. The van der Waals surface area contributed by atoms with Crippen LogP contribution in [0.4, 0.5) is 0 Å². The molecule has 0 saturated carbocycles. The summed E-state index contributed by atoms with van der Waals surface area (Å²) in [5.41, 5.74) is 0.786. The molecule has 0 saturated heterocycles. The van der Waals surface area contributed by atoms with Crippen molar-refractivity contribution >= 4 is 18.0 Å². The molecule has 3 heteroatoms. The predicted molar refractivity (Wildman–Crippen MR) is 63.6 cm³/mol. The number of para-hydroxylation sites is 1. The standard InChI is InChI=1S/C11H15NOS/c1-2-14-8-7-12-9-10-5-3-4-6-11(10)13/h3-6,9,13H,2,7-8H2,1H3/b12-9+. The molecule has 0 unspecified atom stereocenters. The maximum absolute atomic E-state index is 9.42. The molecule has 0 aliphatic rings. The molecule has 0 heterocycles. The van der Waals surface area contributed by atoms with Gasteiger partial charge in [-0.1, -0.05) is 19.1 Å². The Labute approximate surface area is 89.1 Å². The Hall–Kier alpha value is -0.960. The average molecular weight is 209 g/mol. The Morgan fingerprint density at radius 3 is 2.93 bits per heavy atom. The fourth-order valence-corrected chi connectivity index (χ4v) is 1.54. The fraction of sp³-hybridized carbons (Fsp3) is 0.364. The van der Waals surface area contributed by atoms with E-state index in [4.69, 9.17) is 0 Å². The molecule has 0 bridgehead atoms. The normalized spacial score (nSPS) is 10.9. The van der Waals surface area contributed by atoms with E-state index in [0.717, 1.165) is 23.6 Å². The summed E-state index contributed by atoms with van der Waals surface area (Å²) in [7, 11) is 0. The Morgan fingerprint density at radius 1 is 1.43 bits per heavy atom. The molecule has 0 fully saturated rings. The number of rotatable bonds is 5. The molecule has 0 atom stereocenters. The van der Waals surface area contributed by atoms with Crippen molar-refractivity contribution in [3.63, 3.8) is 0 Å². The molecule has 0 radical (unpaired) electrons. The van der Waals surface area contributed by atoms with Crippen molar-refractivity contribution in [2.75, 3.05) is 18.1 Å². The van der Waals surface area contributed by atoms with Gasteiger partial charge in [0.2, 0.25) is 0 Å². The van der Waals surface area contributed by atoms with E-state index in [-0.39, 0.29) is 0 Å². The minimum atomic E-state index is 0.291. The fourth-order valence-electron chi connectivity index (χ4n) is 1.02. The van der Waals surface area contributed by atoms with E-state index in [0.29, 0.717) is 5.75 Å². The third-order valence-electron chi connectivity index (χ3n) is 1.74. The van der Waals surface area contributed by atoms with E-state index >= 15 is 0 Å². The SMILES string of the molecule is CCSCC/N=C/c1ccccc1O. The summed E-state index contributed by atoms with van der Waals surface area (Å²) in [5.74, 6) is 2.46. The predicted octanol–water partition coefficient (Wildman–Crippen LogP) is 2.56. The minimum Gasteiger partial charge on any atom is -0.507 e. The van der Waals surface area contributed by atoms with Crippen LogP contribution >= 0.6 is 11.8 Å². The summed E-state index contributed by atoms with van der Waals surface area (Å²) < 4.78 is 0. The zero-order valence-electron chi connectivity index (χ0n) is 8.31. The molecule has 1 aromatic carbocycles. The lowest BCUT2D eigenvalue weighted by Gasteiger charge is -1.96. The van der Waals surface area contributed by atoms with Crippen LogP contribution in [0.3, 0.4) is 0 Å².